The van der Waals surface area contributed by atoms with Crippen LogP contribution in [0.15, 0.2) is 18.2 Å². The lowest BCUT2D eigenvalue weighted by Crippen LogP contribution is -2.51. The van der Waals surface area contributed by atoms with Crippen LogP contribution in [0.2, 0.25) is 0 Å². The molecule has 1 heterocycles. The van der Waals surface area contributed by atoms with E-state index in [4.69, 9.17) is 14.2 Å². The van der Waals surface area contributed by atoms with Gasteiger partial charge in [0.25, 0.3) is 0 Å². The summed E-state index contributed by atoms with van der Waals surface area (Å²) in [6.07, 6.45) is 1.05. The molecule has 6 heteroatoms. The summed E-state index contributed by atoms with van der Waals surface area (Å²) in [5.74, 6) is 2.10. The molecule has 2 rings (SSSR count). The number of benzene rings is 1. The molecule has 1 aliphatic heterocycles. The van der Waals surface area contributed by atoms with Gasteiger partial charge in [0.2, 0.25) is 5.91 Å². The van der Waals surface area contributed by atoms with Gasteiger partial charge in [-0.05, 0) is 36.1 Å². The number of ether oxygens (including phenoxy) is 3. The second-order valence-corrected chi connectivity index (χ2v) is 6.94. The average Bonchev–Trinajstić information content (AvgIpc) is 2.66. The van der Waals surface area contributed by atoms with Crippen molar-refractivity contribution in [2.24, 2.45) is 5.92 Å². The number of nitrogens with one attached hydrogen (secondary N) is 1. The Morgan fingerprint density at radius 3 is 2.58 bits per heavy atom. The molecule has 1 unspecified atom stereocenters. The second-order valence-electron chi connectivity index (χ2n) is 6.94. The molecule has 1 aromatic rings. The first-order chi connectivity index (χ1) is 12.5. The third kappa shape index (κ3) is 5.88. The number of morpholine rings is 1. The second kappa shape index (κ2) is 10.4. The molecular formula is C20H32N2O4. The van der Waals surface area contributed by atoms with E-state index in [1.807, 2.05) is 18.2 Å². The van der Waals surface area contributed by atoms with Gasteiger partial charge in [-0.3, -0.25) is 9.69 Å². The summed E-state index contributed by atoms with van der Waals surface area (Å²) in [5, 5.41) is 3.10. The van der Waals surface area contributed by atoms with Gasteiger partial charge in [-0.2, -0.15) is 0 Å². The Kier molecular flexibility index (Phi) is 8.19. The van der Waals surface area contributed by atoms with Crippen molar-refractivity contribution in [1.82, 2.24) is 10.2 Å². The fraction of sp³-hybridized carbons (Fsp3) is 0.650. The van der Waals surface area contributed by atoms with E-state index in [9.17, 15) is 4.79 Å². The molecule has 0 spiro atoms. The molecule has 1 N–H and O–H groups in total. The van der Waals surface area contributed by atoms with E-state index in [0.29, 0.717) is 31.3 Å². The van der Waals surface area contributed by atoms with Crippen LogP contribution in [-0.2, 0) is 16.0 Å². The lowest BCUT2D eigenvalue weighted by Gasteiger charge is -2.36. The number of hydrogen-bond donors (Lipinski definition) is 1. The lowest BCUT2D eigenvalue weighted by molar-refractivity contribution is -0.121. The summed E-state index contributed by atoms with van der Waals surface area (Å²) >= 11 is 0. The van der Waals surface area contributed by atoms with Crippen molar-refractivity contribution >= 4 is 5.91 Å². The number of carbonyl (C=O) groups excluding carboxylic acids is 1. The summed E-state index contributed by atoms with van der Waals surface area (Å²) in [6.45, 7) is 8.48. The van der Waals surface area contributed by atoms with E-state index >= 15 is 0 Å². The highest BCUT2D eigenvalue weighted by molar-refractivity contribution is 5.76. The van der Waals surface area contributed by atoms with Gasteiger partial charge in [0.05, 0.1) is 27.4 Å². The number of nitrogens with zero attached hydrogens (tertiary/aromatic N) is 1. The highest BCUT2D eigenvalue weighted by atomic mass is 16.5. The molecule has 1 aliphatic rings. The van der Waals surface area contributed by atoms with Gasteiger partial charge < -0.3 is 19.5 Å². The van der Waals surface area contributed by atoms with E-state index in [2.05, 4.69) is 24.1 Å². The van der Waals surface area contributed by atoms with Crippen LogP contribution in [0.4, 0.5) is 0 Å². The van der Waals surface area contributed by atoms with Crippen molar-refractivity contribution in [3.05, 3.63) is 23.8 Å². The highest BCUT2D eigenvalue weighted by Gasteiger charge is 2.24. The Morgan fingerprint density at radius 1 is 1.23 bits per heavy atom. The fourth-order valence-electron chi connectivity index (χ4n) is 3.33. The first-order valence-electron chi connectivity index (χ1n) is 9.34. The summed E-state index contributed by atoms with van der Waals surface area (Å²) in [4.78, 5) is 14.8. The molecule has 1 aromatic carbocycles. The van der Waals surface area contributed by atoms with Crippen LogP contribution in [0.3, 0.4) is 0 Å². The third-order valence-electron chi connectivity index (χ3n) is 4.90. The zero-order chi connectivity index (χ0) is 18.9. The largest absolute Gasteiger partial charge is 0.497 e. The van der Waals surface area contributed by atoms with E-state index in [1.165, 1.54) is 0 Å². The predicted octanol–water partition coefficient (Wildman–Crippen LogP) is 2.11. The molecule has 0 radical (unpaired) electrons. The first-order valence-corrected chi connectivity index (χ1v) is 9.34. The van der Waals surface area contributed by atoms with Crippen molar-refractivity contribution in [2.45, 2.75) is 32.7 Å². The van der Waals surface area contributed by atoms with E-state index in [1.54, 1.807) is 14.2 Å². The number of hydrogen-bond acceptors (Lipinski definition) is 5. The van der Waals surface area contributed by atoms with Crippen LogP contribution in [0.25, 0.3) is 0 Å². The molecular weight excluding hydrogens is 332 g/mol. The molecule has 0 bridgehead atoms. The van der Waals surface area contributed by atoms with Gasteiger partial charge in [0.15, 0.2) is 0 Å². The minimum Gasteiger partial charge on any atom is -0.497 e. The quantitative estimate of drug-likeness (QED) is 0.727. The van der Waals surface area contributed by atoms with Gasteiger partial charge in [-0.25, -0.2) is 0 Å². The summed E-state index contributed by atoms with van der Waals surface area (Å²) in [5.41, 5.74) is 0.982. The maximum atomic E-state index is 12.4. The van der Waals surface area contributed by atoms with Gasteiger partial charge in [0, 0.05) is 32.1 Å². The number of methoxy groups -OCH3 is 2. The standard InChI is InChI=1S/C20H32N2O4/c1-15(2)18(22-9-11-26-12-10-22)14-21-20(23)8-5-16-13-17(24-3)6-7-19(16)25-4/h6-7,13,15,18H,5,8-12,14H2,1-4H3,(H,21,23). The Labute approximate surface area is 156 Å². The zero-order valence-electron chi connectivity index (χ0n) is 16.4. The topological polar surface area (TPSA) is 60.0 Å². The molecule has 0 aromatic heterocycles. The van der Waals surface area contributed by atoms with Crippen LogP contribution in [0, 0.1) is 5.92 Å². The Morgan fingerprint density at radius 2 is 1.96 bits per heavy atom. The number of rotatable bonds is 9. The van der Waals surface area contributed by atoms with E-state index in [-0.39, 0.29) is 5.91 Å². The van der Waals surface area contributed by atoms with Crippen LogP contribution in [0.5, 0.6) is 11.5 Å². The minimum atomic E-state index is 0.0637. The number of carbonyl (C=O) groups is 1. The maximum Gasteiger partial charge on any atom is 0.220 e. The van der Waals surface area contributed by atoms with Crippen LogP contribution in [0.1, 0.15) is 25.8 Å². The SMILES string of the molecule is COc1ccc(OC)c(CCC(=O)NCC(C(C)C)N2CCOCC2)c1. The Bertz CT molecular complexity index is 571. The zero-order valence-corrected chi connectivity index (χ0v) is 16.4. The predicted molar refractivity (Wildman–Crippen MR) is 102 cm³/mol. The molecule has 1 atom stereocenters. The van der Waals surface area contributed by atoms with Crippen molar-refractivity contribution in [3.63, 3.8) is 0 Å². The average molecular weight is 364 g/mol. The molecule has 1 fully saturated rings. The highest BCUT2D eigenvalue weighted by Crippen LogP contribution is 2.25. The van der Waals surface area contributed by atoms with Gasteiger partial charge in [-0.1, -0.05) is 13.8 Å². The number of aryl methyl sites for hydroxylation is 1. The molecule has 146 valence electrons. The number of amides is 1. The van der Waals surface area contributed by atoms with Crippen molar-refractivity contribution < 1.29 is 19.0 Å². The van der Waals surface area contributed by atoms with E-state index in [0.717, 1.165) is 43.4 Å². The van der Waals surface area contributed by atoms with Crippen LogP contribution in [-0.4, -0.2) is 63.9 Å². The summed E-state index contributed by atoms with van der Waals surface area (Å²) < 4.78 is 16.1. The first kappa shape index (κ1) is 20.5. The summed E-state index contributed by atoms with van der Waals surface area (Å²) in [7, 11) is 3.27. The van der Waals surface area contributed by atoms with Gasteiger partial charge in [-0.15, -0.1) is 0 Å². The maximum absolute atomic E-state index is 12.4. The minimum absolute atomic E-state index is 0.0637. The molecule has 1 amide bonds. The normalized spacial score (nSPS) is 16.3. The third-order valence-corrected chi connectivity index (χ3v) is 4.90. The lowest BCUT2D eigenvalue weighted by atomic mass is 10.0. The molecule has 26 heavy (non-hydrogen) atoms. The van der Waals surface area contributed by atoms with Crippen LogP contribution < -0.4 is 14.8 Å². The summed E-state index contributed by atoms with van der Waals surface area (Å²) in [6, 6.07) is 6.00. The molecule has 1 saturated heterocycles. The molecule has 6 nitrogen and oxygen atoms in total. The van der Waals surface area contributed by atoms with Crippen molar-refractivity contribution in [3.8, 4) is 11.5 Å². The Balaban J connectivity index is 1.86. The smallest absolute Gasteiger partial charge is 0.220 e. The Hall–Kier alpha value is -1.79. The van der Waals surface area contributed by atoms with Gasteiger partial charge >= 0.3 is 0 Å². The molecule has 0 aliphatic carbocycles. The van der Waals surface area contributed by atoms with Crippen molar-refractivity contribution in [2.75, 3.05) is 47.1 Å². The van der Waals surface area contributed by atoms with Gasteiger partial charge in [0.1, 0.15) is 11.5 Å². The van der Waals surface area contributed by atoms with Crippen LogP contribution >= 0.6 is 0 Å². The van der Waals surface area contributed by atoms with Crippen molar-refractivity contribution in [1.29, 1.82) is 0 Å². The monoisotopic (exact) mass is 364 g/mol. The van der Waals surface area contributed by atoms with E-state index < -0.39 is 0 Å². The fourth-order valence-corrected chi connectivity index (χ4v) is 3.33. The molecule has 0 saturated carbocycles.